The molecule has 0 aliphatic heterocycles. The van der Waals surface area contributed by atoms with Crippen LogP contribution in [0, 0.1) is 0 Å². The lowest BCUT2D eigenvalue weighted by atomic mass is 10.2. The summed E-state index contributed by atoms with van der Waals surface area (Å²) in [4.78, 5) is 2.36. The van der Waals surface area contributed by atoms with E-state index >= 15 is 0 Å². The average molecular weight is 224 g/mol. The quantitative estimate of drug-likeness (QED) is 0.595. The Kier molecular flexibility index (Phi) is 5.40. The third kappa shape index (κ3) is 4.04. The number of nitrogens with zero attached hydrogens (tertiary/aromatic N) is 1. The Hall–Kier alpha value is -0.830. The van der Waals surface area contributed by atoms with E-state index in [4.69, 9.17) is 5.73 Å². The Bertz CT molecular complexity index is 289. The highest BCUT2D eigenvalue weighted by Gasteiger charge is 2.03. The second-order valence-corrected chi connectivity index (χ2v) is 4.77. The Morgan fingerprint density at radius 1 is 1.33 bits per heavy atom. The molecule has 0 heterocycles. The van der Waals surface area contributed by atoms with Gasteiger partial charge in [0.2, 0.25) is 0 Å². The lowest BCUT2D eigenvalue weighted by molar-refractivity contribution is 0.873. The number of anilines is 2. The van der Waals surface area contributed by atoms with Gasteiger partial charge in [-0.05, 0) is 30.9 Å². The van der Waals surface area contributed by atoms with Crippen LogP contribution >= 0.6 is 11.8 Å². The molecule has 0 fully saturated rings. The summed E-state index contributed by atoms with van der Waals surface area (Å²) < 4.78 is 0. The van der Waals surface area contributed by atoms with E-state index in [2.05, 4.69) is 24.8 Å². The zero-order chi connectivity index (χ0) is 11.1. The van der Waals surface area contributed by atoms with Gasteiger partial charge in [0, 0.05) is 30.2 Å². The van der Waals surface area contributed by atoms with Crippen LogP contribution in [-0.4, -0.2) is 24.6 Å². The maximum Gasteiger partial charge on any atom is 0.0387 e. The van der Waals surface area contributed by atoms with Crippen LogP contribution in [0.4, 0.5) is 11.4 Å². The fourth-order valence-electron chi connectivity index (χ4n) is 1.51. The summed E-state index contributed by atoms with van der Waals surface area (Å²) in [7, 11) is 0. The predicted octanol–water partition coefficient (Wildman–Crippen LogP) is 2.85. The van der Waals surface area contributed by atoms with Gasteiger partial charge in [0.1, 0.15) is 0 Å². The molecular formula is C12H20N2S. The summed E-state index contributed by atoms with van der Waals surface area (Å²) in [6.07, 6.45) is 0. The second-order valence-electron chi connectivity index (χ2n) is 3.37. The molecule has 0 atom stereocenters. The highest BCUT2D eigenvalue weighted by Crippen LogP contribution is 2.17. The van der Waals surface area contributed by atoms with Gasteiger partial charge in [-0.3, -0.25) is 0 Å². The molecule has 0 aliphatic rings. The number of hydrogen-bond acceptors (Lipinski definition) is 3. The van der Waals surface area contributed by atoms with Gasteiger partial charge in [0.05, 0.1) is 0 Å². The van der Waals surface area contributed by atoms with Crippen LogP contribution in [0.3, 0.4) is 0 Å². The number of nitrogen functional groups attached to an aromatic ring is 1. The summed E-state index contributed by atoms with van der Waals surface area (Å²) in [6.45, 7) is 6.51. The zero-order valence-corrected chi connectivity index (χ0v) is 10.4. The van der Waals surface area contributed by atoms with Crippen molar-refractivity contribution < 1.29 is 0 Å². The van der Waals surface area contributed by atoms with Crippen LogP contribution in [0.2, 0.25) is 0 Å². The standard InChI is InChI=1S/C12H20N2S/c1-3-14(8-9-15-4-2)12-7-5-6-11(13)10-12/h5-7,10H,3-4,8-9,13H2,1-2H3. The SMILES string of the molecule is CCSCCN(CC)c1cccc(N)c1. The van der Waals surface area contributed by atoms with E-state index in [-0.39, 0.29) is 0 Å². The Morgan fingerprint density at radius 3 is 2.73 bits per heavy atom. The van der Waals surface area contributed by atoms with Crippen molar-refractivity contribution in [1.29, 1.82) is 0 Å². The first-order valence-electron chi connectivity index (χ1n) is 5.46. The van der Waals surface area contributed by atoms with Crippen molar-refractivity contribution in [2.24, 2.45) is 0 Å². The van der Waals surface area contributed by atoms with E-state index in [1.807, 2.05) is 30.0 Å². The zero-order valence-electron chi connectivity index (χ0n) is 9.57. The van der Waals surface area contributed by atoms with Crippen molar-refractivity contribution in [2.75, 3.05) is 35.2 Å². The molecule has 2 N–H and O–H groups in total. The van der Waals surface area contributed by atoms with Gasteiger partial charge in [0.15, 0.2) is 0 Å². The van der Waals surface area contributed by atoms with Crippen molar-refractivity contribution in [3.63, 3.8) is 0 Å². The van der Waals surface area contributed by atoms with E-state index in [9.17, 15) is 0 Å². The molecule has 0 unspecified atom stereocenters. The summed E-state index contributed by atoms with van der Waals surface area (Å²) in [6, 6.07) is 8.11. The van der Waals surface area contributed by atoms with E-state index in [0.717, 1.165) is 18.8 Å². The molecule has 2 nitrogen and oxygen atoms in total. The van der Waals surface area contributed by atoms with E-state index in [1.54, 1.807) is 0 Å². The Morgan fingerprint density at radius 2 is 2.13 bits per heavy atom. The van der Waals surface area contributed by atoms with Gasteiger partial charge in [-0.25, -0.2) is 0 Å². The van der Waals surface area contributed by atoms with E-state index in [0.29, 0.717) is 0 Å². The first-order valence-corrected chi connectivity index (χ1v) is 6.61. The molecule has 15 heavy (non-hydrogen) atoms. The molecule has 0 bridgehead atoms. The highest BCUT2D eigenvalue weighted by molar-refractivity contribution is 7.99. The van der Waals surface area contributed by atoms with E-state index in [1.165, 1.54) is 17.2 Å². The minimum atomic E-state index is 0.842. The van der Waals surface area contributed by atoms with Crippen molar-refractivity contribution in [1.82, 2.24) is 0 Å². The highest BCUT2D eigenvalue weighted by atomic mass is 32.2. The number of hydrogen-bond donors (Lipinski definition) is 1. The molecule has 0 amide bonds. The lowest BCUT2D eigenvalue weighted by Gasteiger charge is -2.23. The molecule has 0 radical (unpaired) electrons. The molecule has 0 aromatic heterocycles. The third-order valence-electron chi connectivity index (χ3n) is 2.33. The van der Waals surface area contributed by atoms with Crippen LogP contribution < -0.4 is 10.6 Å². The molecule has 0 spiro atoms. The minimum absolute atomic E-state index is 0.842. The van der Waals surface area contributed by atoms with E-state index < -0.39 is 0 Å². The largest absolute Gasteiger partial charge is 0.399 e. The normalized spacial score (nSPS) is 10.3. The second kappa shape index (κ2) is 6.62. The van der Waals surface area contributed by atoms with Crippen LogP contribution in [0.25, 0.3) is 0 Å². The van der Waals surface area contributed by atoms with Crippen molar-refractivity contribution in [3.05, 3.63) is 24.3 Å². The molecule has 3 heteroatoms. The predicted molar refractivity (Wildman–Crippen MR) is 71.7 cm³/mol. The maximum absolute atomic E-state index is 5.77. The fraction of sp³-hybridized carbons (Fsp3) is 0.500. The molecule has 0 aliphatic carbocycles. The smallest absolute Gasteiger partial charge is 0.0387 e. The fourth-order valence-corrected chi connectivity index (χ4v) is 2.15. The van der Waals surface area contributed by atoms with Crippen LogP contribution in [0.15, 0.2) is 24.3 Å². The van der Waals surface area contributed by atoms with Gasteiger partial charge < -0.3 is 10.6 Å². The summed E-state index contributed by atoms with van der Waals surface area (Å²) in [5.41, 5.74) is 7.85. The minimum Gasteiger partial charge on any atom is -0.399 e. The molecule has 1 aromatic rings. The number of benzene rings is 1. The monoisotopic (exact) mass is 224 g/mol. The first-order chi connectivity index (χ1) is 7.27. The van der Waals surface area contributed by atoms with Crippen LogP contribution in [-0.2, 0) is 0 Å². The average Bonchev–Trinajstić information content (AvgIpc) is 2.24. The topological polar surface area (TPSA) is 29.3 Å². The molecule has 1 rings (SSSR count). The van der Waals surface area contributed by atoms with Gasteiger partial charge in [0.25, 0.3) is 0 Å². The lowest BCUT2D eigenvalue weighted by Crippen LogP contribution is -2.25. The number of nitrogens with two attached hydrogens (primary N) is 1. The molecular weight excluding hydrogens is 204 g/mol. The first kappa shape index (κ1) is 12.2. The number of thioether (sulfide) groups is 1. The van der Waals surface area contributed by atoms with Gasteiger partial charge >= 0.3 is 0 Å². The van der Waals surface area contributed by atoms with Crippen molar-refractivity contribution in [3.8, 4) is 0 Å². The molecule has 1 aromatic carbocycles. The van der Waals surface area contributed by atoms with Crippen molar-refractivity contribution >= 4 is 23.1 Å². The molecule has 0 saturated heterocycles. The summed E-state index contributed by atoms with van der Waals surface area (Å²) in [5, 5.41) is 0. The third-order valence-corrected chi connectivity index (χ3v) is 3.21. The van der Waals surface area contributed by atoms with Gasteiger partial charge in [-0.2, -0.15) is 11.8 Å². The van der Waals surface area contributed by atoms with Crippen LogP contribution in [0.5, 0.6) is 0 Å². The van der Waals surface area contributed by atoms with Crippen molar-refractivity contribution in [2.45, 2.75) is 13.8 Å². The Labute approximate surface area is 96.8 Å². The number of rotatable bonds is 6. The summed E-state index contributed by atoms with van der Waals surface area (Å²) in [5.74, 6) is 2.37. The molecule has 0 saturated carbocycles. The molecule has 84 valence electrons. The Balaban J connectivity index is 2.57. The summed E-state index contributed by atoms with van der Waals surface area (Å²) >= 11 is 1.98. The maximum atomic E-state index is 5.77. The van der Waals surface area contributed by atoms with Gasteiger partial charge in [-0.15, -0.1) is 0 Å². The van der Waals surface area contributed by atoms with Crippen LogP contribution in [0.1, 0.15) is 13.8 Å². The van der Waals surface area contributed by atoms with Gasteiger partial charge in [-0.1, -0.05) is 13.0 Å².